The fourth-order valence-electron chi connectivity index (χ4n) is 3.77. The smallest absolute Gasteiger partial charge is 0.0471 e. The van der Waals surface area contributed by atoms with Crippen LogP contribution in [0.2, 0.25) is 0 Å². The van der Waals surface area contributed by atoms with Gasteiger partial charge in [-0.05, 0) is 43.3 Å². The first-order valence-corrected chi connectivity index (χ1v) is 8.12. The number of aliphatic hydroxyl groups is 1. The minimum absolute atomic E-state index is 0.146. The van der Waals surface area contributed by atoms with Gasteiger partial charge in [-0.1, -0.05) is 44.2 Å². The van der Waals surface area contributed by atoms with Gasteiger partial charge < -0.3 is 15.3 Å². The Balaban J connectivity index is 2.05. The third kappa shape index (κ3) is 4.29. The second-order valence-electron chi connectivity index (χ2n) is 7.05. The highest BCUT2D eigenvalue weighted by Crippen LogP contribution is 2.34. The maximum Gasteiger partial charge on any atom is 0.0471 e. The lowest BCUT2D eigenvalue weighted by molar-refractivity contribution is 0.0754. The highest BCUT2D eigenvalue weighted by Gasteiger charge is 2.33. The molecule has 1 saturated heterocycles. The summed E-state index contributed by atoms with van der Waals surface area (Å²) in [6.45, 7) is 8.25. The van der Waals surface area contributed by atoms with Gasteiger partial charge >= 0.3 is 0 Å². The fourth-order valence-corrected chi connectivity index (χ4v) is 3.77. The maximum atomic E-state index is 9.40. The molecule has 0 bridgehead atoms. The zero-order valence-electron chi connectivity index (χ0n) is 13.7. The summed E-state index contributed by atoms with van der Waals surface area (Å²) in [4.78, 5) is 2.53. The van der Waals surface area contributed by atoms with Crippen molar-refractivity contribution < 1.29 is 5.11 Å². The van der Waals surface area contributed by atoms with Crippen molar-refractivity contribution >= 4 is 0 Å². The summed E-state index contributed by atoms with van der Waals surface area (Å²) in [5, 5.41) is 12.9. The van der Waals surface area contributed by atoms with Gasteiger partial charge in [-0.2, -0.15) is 0 Å². The Morgan fingerprint density at radius 1 is 1.33 bits per heavy atom. The molecule has 2 atom stereocenters. The average Bonchev–Trinajstić information content (AvgIpc) is 2.48. The molecule has 2 rings (SSSR count). The van der Waals surface area contributed by atoms with Crippen molar-refractivity contribution in [3.05, 3.63) is 35.9 Å². The molecule has 1 heterocycles. The molecular weight excluding hydrogens is 260 g/mol. The minimum Gasteiger partial charge on any atom is -0.396 e. The van der Waals surface area contributed by atoms with Crippen LogP contribution in [0, 0.1) is 11.3 Å². The van der Waals surface area contributed by atoms with Crippen LogP contribution in [-0.2, 0) is 0 Å². The van der Waals surface area contributed by atoms with Gasteiger partial charge in [0.2, 0.25) is 0 Å². The standard InChI is InChI=1S/C18H30N2O/c1-18(2,14-20-11-7-8-15(12-20)13-21)17(19-3)16-9-5-4-6-10-16/h4-6,9-10,15,17,19,21H,7-8,11-14H2,1-3H3. The number of hydrogen-bond acceptors (Lipinski definition) is 3. The summed E-state index contributed by atoms with van der Waals surface area (Å²) in [7, 11) is 2.05. The van der Waals surface area contributed by atoms with E-state index in [1.807, 2.05) is 7.05 Å². The molecule has 0 saturated carbocycles. The molecule has 2 N–H and O–H groups in total. The minimum atomic E-state index is 0.146. The predicted octanol–water partition coefficient (Wildman–Crippen LogP) is 2.68. The molecule has 1 fully saturated rings. The van der Waals surface area contributed by atoms with Crippen molar-refractivity contribution in [1.82, 2.24) is 10.2 Å². The van der Waals surface area contributed by atoms with Gasteiger partial charge in [-0.25, -0.2) is 0 Å². The molecule has 1 aromatic carbocycles. The lowest BCUT2D eigenvalue weighted by atomic mass is 9.79. The predicted molar refractivity (Wildman–Crippen MR) is 88.3 cm³/mol. The molecule has 0 radical (unpaired) electrons. The largest absolute Gasteiger partial charge is 0.396 e. The van der Waals surface area contributed by atoms with E-state index in [0.717, 1.165) is 19.6 Å². The molecule has 1 aromatic rings. The molecule has 0 spiro atoms. The van der Waals surface area contributed by atoms with E-state index >= 15 is 0 Å². The number of hydrogen-bond donors (Lipinski definition) is 2. The zero-order valence-corrected chi connectivity index (χ0v) is 13.7. The van der Waals surface area contributed by atoms with Gasteiger partial charge in [0.05, 0.1) is 0 Å². The molecule has 0 aliphatic carbocycles. The number of rotatable bonds is 6. The maximum absolute atomic E-state index is 9.40. The Hall–Kier alpha value is -0.900. The van der Waals surface area contributed by atoms with Crippen molar-refractivity contribution in [3.8, 4) is 0 Å². The van der Waals surface area contributed by atoms with Crippen LogP contribution in [0.15, 0.2) is 30.3 Å². The monoisotopic (exact) mass is 290 g/mol. The van der Waals surface area contributed by atoms with Crippen molar-refractivity contribution in [2.75, 3.05) is 33.3 Å². The SMILES string of the molecule is CNC(c1ccccc1)C(C)(C)CN1CCCC(CO)C1. The number of likely N-dealkylation sites (tertiary alicyclic amines) is 1. The quantitative estimate of drug-likeness (QED) is 0.845. The summed E-state index contributed by atoms with van der Waals surface area (Å²) in [5.74, 6) is 0.458. The molecule has 0 amide bonds. The van der Waals surface area contributed by atoms with Crippen LogP contribution in [0.1, 0.15) is 38.3 Å². The van der Waals surface area contributed by atoms with E-state index in [1.54, 1.807) is 0 Å². The fraction of sp³-hybridized carbons (Fsp3) is 0.667. The first-order chi connectivity index (χ1) is 10.1. The Morgan fingerprint density at radius 3 is 2.67 bits per heavy atom. The van der Waals surface area contributed by atoms with Crippen molar-refractivity contribution in [2.45, 2.75) is 32.7 Å². The molecule has 2 unspecified atom stereocenters. The van der Waals surface area contributed by atoms with Crippen LogP contribution in [0.5, 0.6) is 0 Å². The zero-order chi connectivity index (χ0) is 15.3. The second-order valence-corrected chi connectivity index (χ2v) is 7.05. The summed E-state index contributed by atoms with van der Waals surface area (Å²) >= 11 is 0. The van der Waals surface area contributed by atoms with Crippen LogP contribution in [-0.4, -0.2) is 43.3 Å². The normalized spacial score (nSPS) is 22.2. The lowest BCUT2D eigenvalue weighted by Gasteiger charge is -2.41. The first-order valence-electron chi connectivity index (χ1n) is 8.12. The molecule has 3 nitrogen and oxygen atoms in total. The summed E-state index contributed by atoms with van der Waals surface area (Å²) < 4.78 is 0. The van der Waals surface area contributed by atoms with Crippen molar-refractivity contribution in [2.24, 2.45) is 11.3 Å². The van der Waals surface area contributed by atoms with Gasteiger partial charge in [0.1, 0.15) is 0 Å². The lowest BCUT2D eigenvalue weighted by Crippen LogP contribution is -2.46. The summed E-state index contributed by atoms with van der Waals surface area (Å²) in [6, 6.07) is 11.0. The van der Waals surface area contributed by atoms with Crippen LogP contribution >= 0.6 is 0 Å². The van der Waals surface area contributed by atoms with Gasteiger partial charge in [-0.3, -0.25) is 0 Å². The highest BCUT2D eigenvalue weighted by atomic mass is 16.3. The molecular formula is C18H30N2O. The Bertz CT molecular complexity index is 418. The topological polar surface area (TPSA) is 35.5 Å². The van der Waals surface area contributed by atoms with E-state index in [1.165, 1.54) is 18.4 Å². The van der Waals surface area contributed by atoms with Gasteiger partial charge in [0.25, 0.3) is 0 Å². The molecule has 3 heteroatoms. The Labute approximate surface area is 129 Å². The summed E-state index contributed by atoms with van der Waals surface area (Å²) in [6.07, 6.45) is 2.37. The number of benzene rings is 1. The van der Waals surface area contributed by atoms with E-state index in [4.69, 9.17) is 0 Å². The Morgan fingerprint density at radius 2 is 2.05 bits per heavy atom. The molecule has 21 heavy (non-hydrogen) atoms. The van der Waals surface area contributed by atoms with Crippen molar-refractivity contribution in [1.29, 1.82) is 0 Å². The van der Waals surface area contributed by atoms with E-state index in [-0.39, 0.29) is 5.41 Å². The third-order valence-electron chi connectivity index (χ3n) is 4.70. The van der Waals surface area contributed by atoms with Crippen molar-refractivity contribution in [3.63, 3.8) is 0 Å². The second kappa shape index (κ2) is 7.39. The van der Waals surface area contributed by atoms with Crippen LogP contribution < -0.4 is 5.32 Å². The van der Waals surface area contributed by atoms with E-state index in [2.05, 4.69) is 54.4 Å². The third-order valence-corrected chi connectivity index (χ3v) is 4.70. The van der Waals surface area contributed by atoms with Gasteiger partial charge in [-0.15, -0.1) is 0 Å². The van der Waals surface area contributed by atoms with Crippen LogP contribution in [0.4, 0.5) is 0 Å². The van der Waals surface area contributed by atoms with Crippen LogP contribution in [0.25, 0.3) is 0 Å². The van der Waals surface area contributed by atoms with Gasteiger partial charge in [0, 0.05) is 25.7 Å². The molecule has 1 aliphatic heterocycles. The van der Waals surface area contributed by atoms with Gasteiger partial charge in [0.15, 0.2) is 0 Å². The highest BCUT2D eigenvalue weighted by molar-refractivity contribution is 5.21. The summed E-state index contributed by atoms with van der Waals surface area (Å²) in [5.41, 5.74) is 1.49. The molecule has 0 aromatic heterocycles. The number of aliphatic hydroxyl groups excluding tert-OH is 1. The van der Waals surface area contributed by atoms with E-state index in [9.17, 15) is 5.11 Å². The number of piperidine rings is 1. The van der Waals surface area contributed by atoms with E-state index in [0.29, 0.717) is 18.6 Å². The average molecular weight is 290 g/mol. The molecule has 1 aliphatic rings. The van der Waals surface area contributed by atoms with E-state index < -0.39 is 0 Å². The first kappa shape index (κ1) is 16.5. The number of nitrogens with zero attached hydrogens (tertiary/aromatic N) is 1. The van der Waals surface area contributed by atoms with Crippen LogP contribution in [0.3, 0.4) is 0 Å². The molecule has 118 valence electrons. The number of nitrogens with one attached hydrogen (secondary N) is 1. The Kier molecular flexibility index (Phi) is 5.80.